The number of pyridine rings is 1. The Bertz CT molecular complexity index is 844. The highest BCUT2D eigenvalue weighted by Gasteiger charge is 2.32. The summed E-state index contributed by atoms with van der Waals surface area (Å²) in [5, 5.41) is 0. The topological polar surface area (TPSA) is 68.7 Å². The minimum absolute atomic E-state index is 0.0290. The van der Waals surface area contributed by atoms with Gasteiger partial charge in [-0.05, 0) is 45.7 Å². The zero-order valence-corrected chi connectivity index (χ0v) is 16.6. The number of aromatic nitrogens is 1. The third kappa shape index (κ3) is 5.09. The number of amides is 1. The highest BCUT2D eigenvalue weighted by atomic mass is 16.6. The van der Waals surface area contributed by atoms with Crippen molar-refractivity contribution in [1.29, 1.82) is 0 Å². The molecule has 6 heteroatoms. The van der Waals surface area contributed by atoms with Gasteiger partial charge in [0.2, 0.25) is 5.88 Å². The molecule has 1 amide bonds. The number of nitrogens with zero attached hydrogens (tertiary/aromatic N) is 2. The van der Waals surface area contributed by atoms with Gasteiger partial charge in [-0.2, -0.15) is 0 Å². The van der Waals surface area contributed by atoms with Crippen molar-refractivity contribution in [2.45, 2.75) is 45.3 Å². The molecule has 6 nitrogen and oxygen atoms in total. The molecule has 1 aliphatic heterocycles. The van der Waals surface area contributed by atoms with Gasteiger partial charge >= 0.3 is 6.09 Å². The van der Waals surface area contributed by atoms with E-state index in [1.54, 1.807) is 23.1 Å². The predicted molar refractivity (Wildman–Crippen MR) is 107 cm³/mol. The minimum Gasteiger partial charge on any atom is -0.475 e. The van der Waals surface area contributed by atoms with Crippen LogP contribution in [0, 0.1) is 0 Å². The molecule has 1 aromatic carbocycles. The molecule has 0 bridgehead atoms. The predicted octanol–water partition coefficient (Wildman–Crippen LogP) is 4.34. The molecule has 0 spiro atoms. The number of carbonyl (C=O) groups excluding carboxylic acids is 2. The zero-order chi connectivity index (χ0) is 20.1. The number of hydrogen-bond acceptors (Lipinski definition) is 5. The van der Waals surface area contributed by atoms with Gasteiger partial charge < -0.3 is 14.4 Å². The second-order valence-corrected chi connectivity index (χ2v) is 7.89. The van der Waals surface area contributed by atoms with Crippen LogP contribution in [0.15, 0.2) is 42.5 Å². The number of carbonyl (C=O) groups is 2. The van der Waals surface area contributed by atoms with Crippen LogP contribution in [-0.4, -0.2) is 47.1 Å². The summed E-state index contributed by atoms with van der Waals surface area (Å²) in [6.45, 7) is 6.63. The first-order chi connectivity index (χ1) is 13.4. The van der Waals surface area contributed by atoms with Gasteiger partial charge in [-0.25, -0.2) is 9.78 Å². The van der Waals surface area contributed by atoms with Crippen LogP contribution in [0.2, 0.25) is 0 Å². The van der Waals surface area contributed by atoms with E-state index in [9.17, 15) is 9.59 Å². The van der Waals surface area contributed by atoms with Crippen LogP contribution >= 0.6 is 0 Å². The third-order valence-corrected chi connectivity index (χ3v) is 4.47. The lowest BCUT2D eigenvalue weighted by Crippen LogP contribution is -2.42. The summed E-state index contributed by atoms with van der Waals surface area (Å²) in [6.07, 6.45) is 2.32. The summed E-state index contributed by atoms with van der Waals surface area (Å²) in [5.41, 5.74) is 1.67. The van der Waals surface area contributed by atoms with Crippen molar-refractivity contribution in [3.05, 3.63) is 48.0 Å². The van der Waals surface area contributed by atoms with Crippen molar-refractivity contribution < 1.29 is 19.1 Å². The molecule has 2 aromatic rings. The van der Waals surface area contributed by atoms with E-state index in [0.717, 1.165) is 30.4 Å². The van der Waals surface area contributed by atoms with Crippen molar-refractivity contribution >= 4 is 12.4 Å². The SMILES string of the molecule is CC(C)(C)OC(=O)N1CCC[C@@H]1COc1cccc(-c2cccc(C=O)c2)n1. The first-order valence-electron chi connectivity index (χ1n) is 9.51. The molecule has 1 saturated heterocycles. The summed E-state index contributed by atoms with van der Waals surface area (Å²) < 4.78 is 11.4. The fraction of sp³-hybridized carbons (Fsp3) is 0.409. The lowest BCUT2D eigenvalue weighted by Gasteiger charge is -2.28. The molecule has 1 aliphatic rings. The molecule has 0 N–H and O–H groups in total. The molecule has 0 unspecified atom stereocenters. The maximum absolute atomic E-state index is 12.4. The van der Waals surface area contributed by atoms with Crippen LogP contribution in [-0.2, 0) is 4.74 Å². The summed E-state index contributed by atoms with van der Waals surface area (Å²) in [4.78, 5) is 29.7. The molecule has 28 heavy (non-hydrogen) atoms. The van der Waals surface area contributed by atoms with Crippen molar-refractivity contribution in [3.63, 3.8) is 0 Å². The Kier molecular flexibility index (Phi) is 5.97. The standard InChI is InChI=1S/C22H26N2O4/c1-22(2,3)28-21(26)24-12-6-9-18(24)15-27-20-11-5-10-19(23-20)17-8-4-7-16(13-17)14-25/h4-5,7-8,10-11,13-14,18H,6,9,12,15H2,1-3H3/t18-/m1/s1. The van der Waals surface area contributed by atoms with Gasteiger partial charge in [-0.1, -0.05) is 24.3 Å². The van der Waals surface area contributed by atoms with Crippen LogP contribution in [0.5, 0.6) is 5.88 Å². The van der Waals surface area contributed by atoms with E-state index in [4.69, 9.17) is 9.47 Å². The van der Waals surface area contributed by atoms with E-state index >= 15 is 0 Å². The quantitative estimate of drug-likeness (QED) is 0.720. The fourth-order valence-electron chi connectivity index (χ4n) is 3.18. The molecular weight excluding hydrogens is 356 g/mol. The smallest absolute Gasteiger partial charge is 0.410 e. The number of ether oxygens (including phenoxy) is 2. The van der Waals surface area contributed by atoms with Gasteiger partial charge in [0, 0.05) is 23.7 Å². The van der Waals surface area contributed by atoms with Crippen LogP contribution in [0.25, 0.3) is 11.3 Å². The van der Waals surface area contributed by atoms with E-state index in [1.807, 2.05) is 45.0 Å². The zero-order valence-electron chi connectivity index (χ0n) is 16.6. The van der Waals surface area contributed by atoms with Gasteiger partial charge in [0.25, 0.3) is 0 Å². The molecule has 1 aromatic heterocycles. The Morgan fingerprint density at radius 2 is 2.04 bits per heavy atom. The van der Waals surface area contributed by atoms with E-state index in [-0.39, 0.29) is 12.1 Å². The van der Waals surface area contributed by atoms with E-state index in [0.29, 0.717) is 24.6 Å². The van der Waals surface area contributed by atoms with Crippen molar-refractivity contribution in [2.75, 3.05) is 13.2 Å². The highest BCUT2D eigenvalue weighted by Crippen LogP contribution is 2.23. The molecule has 1 fully saturated rings. The lowest BCUT2D eigenvalue weighted by atomic mass is 10.1. The molecule has 148 valence electrons. The van der Waals surface area contributed by atoms with Gasteiger partial charge in [0.05, 0.1) is 11.7 Å². The highest BCUT2D eigenvalue weighted by molar-refractivity contribution is 5.78. The van der Waals surface area contributed by atoms with Gasteiger partial charge in [-0.3, -0.25) is 4.79 Å². The van der Waals surface area contributed by atoms with Crippen molar-refractivity contribution in [3.8, 4) is 17.1 Å². The Labute approximate surface area is 165 Å². The van der Waals surface area contributed by atoms with Crippen LogP contribution in [0.4, 0.5) is 4.79 Å². The number of likely N-dealkylation sites (tertiary alicyclic amines) is 1. The second kappa shape index (κ2) is 8.42. The summed E-state index contributed by atoms with van der Waals surface area (Å²) in [6, 6.07) is 12.8. The molecular formula is C22H26N2O4. The monoisotopic (exact) mass is 382 g/mol. The van der Waals surface area contributed by atoms with Gasteiger partial charge in [0.1, 0.15) is 18.5 Å². The molecule has 0 radical (unpaired) electrons. The van der Waals surface area contributed by atoms with Crippen molar-refractivity contribution in [2.24, 2.45) is 0 Å². The number of aldehydes is 1. The largest absolute Gasteiger partial charge is 0.475 e. The lowest BCUT2D eigenvalue weighted by molar-refractivity contribution is 0.0185. The first kappa shape index (κ1) is 19.9. The fourth-order valence-corrected chi connectivity index (χ4v) is 3.18. The summed E-state index contributed by atoms with van der Waals surface area (Å²) >= 11 is 0. The average Bonchev–Trinajstić information content (AvgIpc) is 3.14. The van der Waals surface area contributed by atoms with E-state index in [1.165, 1.54) is 0 Å². The molecule has 0 saturated carbocycles. The van der Waals surface area contributed by atoms with E-state index in [2.05, 4.69) is 4.98 Å². The molecule has 1 atom stereocenters. The minimum atomic E-state index is -0.517. The number of benzene rings is 1. The summed E-state index contributed by atoms with van der Waals surface area (Å²) in [5.74, 6) is 0.491. The van der Waals surface area contributed by atoms with Gasteiger partial charge in [0.15, 0.2) is 0 Å². The Morgan fingerprint density at radius 1 is 1.25 bits per heavy atom. The Morgan fingerprint density at radius 3 is 2.79 bits per heavy atom. The summed E-state index contributed by atoms with van der Waals surface area (Å²) in [7, 11) is 0. The maximum atomic E-state index is 12.4. The number of rotatable bonds is 5. The molecule has 2 heterocycles. The average molecular weight is 382 g/mol. The van der Waals surface area contributed by atoms with Crippen LogP contribution in [0.1, 0.15) is 44.0 Å². The Balaban J connectivity index is 1.66. The van der Waals surface area contributed by atoms with Crippen molar-refractivity contribution in [1.82, 2.24) is 9.88 Å². The Hall–Kier alpha value is -2.89. The number of hydrogen-bond donors (Lipinski definition) is 0. The molecule has 3 rings (SSSR count). The molecule has 0 aliphatic carbocycles. The third-order valence-electron chi connectivity index (χ3n) is 4.47. The van der Waals surface area contributed by atoms with Crippen LogP contribution < -0.4 is 4.74 Å². The van der Waals surface area contributed by atoms with E-state index < -0.39 is 5.60 Å². The van der Waals surface area contributed by atoms with Gasteiger partial charge in [-0.15, -0.1) is 0 Å². The normalized spacial score (nSPS) is 16.7. The van der Waals surface area contributed by atoms with Crippen LogP contribution in [0.3, 0.4) is 0 Å². The second-order valence-electron chi connectivity index (χ2n) is 7.89. The maximum Gasteiger partial charge on any atom is 0.410 e. The first-order valence-corrected chi connectivity index (χ1v) is 9.51.